The number of nitrogens with two attached hydrogens (primary N) is 2. The molecule has 0 saturated carbocycles. The molecular weight excluding hydrogens is 845 g/mol. The van der Waals surface area contributed by atoms with Gasteiger partial charge in [0.2, 0.25) is 0 Å². The number of anilines is 2. The Balaban J connectivity index is 0.000000174. The topological polar surface area (TPSA) is 214 Å². The summed E-state index contributed by atoms with van der Waals surface area (Å²) in [7, 11) is 2.02. The van der Waals surface area contributed by atoms with E-state index in [1.54, 1.807) is 51.9 Å². The van der Waals surface area contributed by atoms with Crippen LogP contribution in [0.15, 0.2) is 97.3 Å². The van der Waals surface area contributed by atoms with Crippen LogP contribution >= 0.6 is 23.2 Å². The fourth-order valence-electron chi connectivity index (χ4n) is 7.05. The first-order valence-corrected chi connectivity index (χ1v) is 19.5. The van der Waals surface area contributed by atoms with Crippen molar-refractivity contribution in [3.8, 4) is 56.5 Å². The zero-order valence-corrected chi connectivity index (χ0v) is 34.0. The van der Waals surface area contributed by atoms with Gasteiger partial charge in [0, 0.05) is 60.8 Å². The molecule has 4 aromatic carbocycles. The van der Waals surface area contributed by atoms with Crippen LogP contribution in [0.2, 0.25) is 10.0 Å². The first-order chi connectivity index (χ1) is 29.7. The van der Waals surface area contributed by atoms with Crippen molar-refractivity contribution in [1.82, 2.24) is 38.5 Å². The molecule has 314 valence electrons. The fraction of sp³-hybridized carbons (Fsp3) is 0.116. The van der Waals surface area contributed by atoms with E-state index in [1.807, 2.05) is 7.05 Å². The number of carboxylic acid groups (broad SMARTS) is 1. The largest absolute Gasteiger partial charge is 0.506 e. The molecule has 0 unspecified atom stereocenters. The van der Waals surface area contributed by atoms with Crippen molar-refractivity contribution in [1.29, 1.82) is 0 Å². The molecule has 0 atom stereocenters. The van der Waals surface area contributed by atoms with Crippen molar-refractivity contribution < 1.29 is 33.7 Å². The second-order valence-corrected chi connectivity index (χ2v) is 15.1. The minimum atomic E-state index is -1.23. The average molecular weight is 880 g/mol. The lowest BCUT2D eigenvalue weighted by molar-refractivity contribution is 0.0657. The third-order valence-electron chi connectivity index (χ3n) is 10.1. The van der Waals surface area contributed by atoms with Crippen molar-refractivity contribution in [2.75, 3.05) is 44.7 Å². The molecule has 15 nitrogen and oxygen atoms in total. The van der Waals surface area contributed by atoms with Gasteiger partial charge in [-0.05, 0) is 67.7 Å². The predicted octanol–water partition coefficient (Wildman–Crippen LogP) is 7.37. The van der Waals surface area contributed by atoms with Gasteiger partial charge in [0.15, 0.2) is 28.6 Å². The Morgan fingerprint density at radius 3 is 1.52 bits per heavy atom. The summed E-state index contributed by atoms with van der Waals surface area (Å²) in [6, 6.07) is 20.9. The second kappa shape index (κ2) is 16.6. The molecule has 1 aliphatic heterocycles. The number of carbonyl (C=O) groups is 2. The fourth-order valence-corrected chi connectivity index (χ4v) is 7.41. The van der Waals surface area contributed by atoms with Gasteiger partial charge in [-0.25, -0.2) is 33.5 Å². The van der Waals surface area contributed by atoms with E-state index in [0.717, 1.165) is 13.1 Å². The average Bonchev–Trinajstić information content (AvgIpc) is 3.91. The number of piperazine rings is 1. The smallest absolute Gasteiger partial charge is 0.356 e. The van der Waals surface area contributed by atoms with Gasteiger partial charge in [-0.1, -0.05) is 47.5 Å². The van der Waals surface area contributed by atoms with E-state index in [1.165, 1.54) is 59.1 Å². The molecule has 0 spiro atoms. The van der Waals surface area contributed by atoms with E-state index in [2.05, 4.69) is 24.8 Å². The normalized spacial score (nSPS) is 13.0. The number of imidazole rings is 2. The SMILES string of the molecule is CN1CCN(C(=O)c2cn3c(-c4ccc(O)c(Cl)c4)c(-c4cccc(F)c4)nc(N)c3n2)CC1.Nc1nc(-c2cccc(F)c2)c(-c2ccc(O)c(Cl)c2)n2cc(C(=O)O)nc12. The highest BCUT2D eigenvalue weighted by Crippen LogP contribution is 2.38. The molecule has 5 heterocycles. The number of likely N-dealkylation sites (N-methyl/N-ethyl adjacent to an activating group) is 1. The number of amides is 1. The van der Waals surface area contributed by atoms with Crippen molar-refractivity contribution in [3.05, 3.63) is 130 Å². The van der Waals surface area contributed by atoms with Gasteiger partial charge in [0.05, 0.1) is 32.8 Å². The summed E-state index contributed by atoms with van der Waals surface area (Å²) in [6.45, 7) is 2.77. The summed E-state index contributed by atoms with van der Waals surface area (Å²) in [4.78, 5) is 45.9. The highest BCUT2D eigenvalue weighted by Gasteiger charge is 2.26. The maximum absolute atomic E-state index is 14.1. The molecular formula is C43H34Cl2F2N10O5. The first-order valence-electron chi connectivity index (χ1n) is 18.7. The van der Waals surface area contributed by atoms with Gasteiger partial charge in [-0.15, -0.1) is 0 Å². The van der Waals surface area contributed by atoms with Gasteiger partial charge in [0.1, 0.15) is 28.8 Å². The number of fused-ring (bicyclic) bond motifs is 2. The molecule has 0 radical (unpaired) electrons. The molecule has 1 amide bonds. The van der Waals surface area contributed by atoms with Crippen molar-refractivity contribution in [3.63, 3.8) is 0 Å². The zero-order valence-electron chi connectivity index (χ0n) is 32.5. The monoisotopic (exact) mass is 878 g/mol. The Labute approximate surface area is 360 Å². The molecule has 1 saturated heterocycles. The summed E-state index contributed by atoms with van der Waals surface area (Å²) in [5, 5.41) is 29.2. The number of benzene rings is 4. The zero-order chi connectivity index (χ0) is 44.0. The van der Waals surface area contributed by atoms with Crippen molar-refractivity contribution >= 4 is 58.0 Å². The lowest BCUT2D eigenvalue weighted by Gasteiger charge is -2.31. The number of carbonyl (C=O) groups excluding carboxylic acids is 1. The summed E-state index contributed by atoms with van der Waals surface area (Å²) in [5.41, 5.74) is 16.3. The number of nitrogen functional groups attached to an aromatic ring is 2. The van der Waals surface area contributed by atoms with E-state index in [-0.39, 0.29) is 56.1 Å². The van der Waals surface area contributed by atoms with Crippen molar-refractivity contribution in [2.45, 2.75) is 0 Å². The molecule has 7 N–H and O–H groups in total. The van der Waals surface area contributed by atoms with Crippen LogP contribution in [0.25, 0.3) is 56.3 Å². The van der Waals surface area contributed by atoms with Crippen LogP contribution in [-0.4, -0.2) is 99.0 Å². The molecule has 62 heavy (non-hydrogen) atoms. The number of hydrogen-bond donors (Lipinski definition) is 5. The highest BCUT2D eigenvalue weighted by atomic mass is 35.5. The van der Waals surface area contributed by atoms with Gasteiger partial charge in [0.25, 0.3) is 5.91 Å². The number of rotatable bonds is 6. The van der Waals surface area contributed by atoms with Crippen LogP contribution in [0, 0.1) is 11.6 Å². The standard InChI is InChI=1S/C24H22ClFN6O2.C19H12ClFN4O3/c1-30-7-9-31(10-8-30)24(34)18-13-32-21(15-5-6-19(33)17(25)12-15)20(29-22(27)23(32)28-18)14-3-2-4-16(26)11-14;20-12-7-10(4-5-14(12)26)16-15(9-2-1-3-11(21)6-9)24-17(22)18-23-13(19(27)28)8-25(16)18/h2-6,11-13,33H,7-10H2,1H3,(H2,27,29);1-8,26H,(H2,22,24)(H,27,28). The number of nitrogens with zero attached hydrogens (tertiary/aromatic N) is 8. The molecule has 19 heteroatoms. The number of aromatic hydroxyl groups is 2. The number of halogens is 4. The van der Waals surface area contributed by atoms with Crippen molar-refractivity contribution in [2.24, 2.45) is 0 Å². The Bertz CT molecular complexity index is 3080. The van der Waals surface area contributed by atoms with Crippen LogP contribution in [0.4, 0.5) is 20.4 Å². The quantitative estimate of drug-likeness (QED) is 0.111. The minimum absolute atomic E-state index is 0.0135. The number of phenols is 2. The Morgan fingerprint density at radius 1 is 0.629 bits per heavy atom. The van der Waals surface area contributed by atoms with Gasteiger partial charge in [-0.3, -0.25) is 13.6 Å². The Kier molecular flexibility index (Phi) is 11.1. The van der Waals surface area contributed by atoms with Gasteiger partial charge in [-0.2, -0.15) is 0 Å². The minimum Gasteiger partial charge on any atom is -0.506 e. The van der Waals surface area contributed by atoms with Crippen LogP contribution < -0.4 is 11.5 Å². The first kappa shape index (κ1) is 41.4. The molecule has 1 aliphatic rings. The van der Waals surface area contributed by atoms with Crippen LogP contribution in [0.3, 0.4) is 0 Å². The summed E-state index contributed by atoms with van der Waals surface area (Å²) in [6.07, 6.45) is 2.92. The lowest BCUT2D eigenvalue weighted by atomic mass is 10.0. The number of aromatic nitrogens is 6. The number of hydrogen-bond acceptors (Lipinski definition) is 11. The lowest BCUT2D eigenvalue weighted by Crippen LogP contribution is -2.47. The van der Waals surface area contributed by atoms with Gasteiger partial charge < -0.3 is 36.6 Å². The van der Waals surface area contributed by atoms with Crippen LogP contribution in [-0.2, 0) is 0 Å². The molecule has 0 aliphatic carbocycles. The third-order valence-corrected chi connectivity index (χ3v) is 10.7. The summed E-state index contributed by atoms with van der Waals surface area (Å²) < 4.78 is 31.0. The Morgan fingerprint density at radius 2 is 1.08 bits per heavy atom. The van der Waals surface area contributed by atoms with E-state index in [9.17, 15) is 33.7 Å². The van der Waals surface area contributed by atoms with Crippen LogP contribution in [0.5, 0.6) is 11.5 Å². The molecule has 9 rings (SSSR count). The third kappa shape index (κ3) is 7.99. The number of carboxylic acids is 1. The summed E-state index contributed by atoms with van der Waals surface area (Å²) in [5.74, 6) is -2.43. The Hall–Kier alpha value is -7.34. The van der Waals surface area contributed by atoms with E-state index in [0.29, 0.717) is 63.8 Å². The maximum Gasteiger partial charge on any atom is 0.356 e. The molecule has 4 aromatic heterocycles. The summed E-state index contributed by atoms with van der Waals surface area (Å²) >= 11 is 12.2. The van der Waals surface area contributed by atoms with E-state index in [4.69, 9.17) is 34.7 Å². The van der Waals surface area contributed by atoms with Crippen LogP contribution in [0.1, 0.15) is 21.0 Å². The molecule has 0 bridgehead atoms. The molecule has 8 aromatic rings. The second-order valence-electron chi connectivity index (χ2n) is 14.3. The van der Waals surface area contributed by atoms with Gasteiger partial charge >= 0.3 is 5.97 Å². The van der Waals surface area contributed by atoms with E-state index < -0.39 is 17.6 Å². The maximum atomic E-state index is 14.1. The van der Waals surface area contributed by atoms with E-state index >= 15 is 0 Å². The predicted molar refractivity (Wildman–Crippen MR) is 230 cm³/mol. The number of aromatic carboxylic acids is 1. The molecule has 1 fully saturated rings. The number of phenolic OH excluding ortho intramolecular Hbond substituents is 2. The highest BCUT2D eigenvalue weighted by molar-refractivity contribution is 6.32.